The number of aromatic nitrogens is 1. The highest BCUT2D eigenvalue weighted by Gasteiger charge is 2.20. The van der Waals surface area contributed by atoms with Crippen molar-refractivity contribution in [2.24, 2.45) is 4.99 Å². The molecule has 3 nitrogen and oxygen atoms in total. The summed E-state index contributed by atoms with van der Waals surface area (Å²) in [5, 5.41) is 11.0. The Bertz CT molecular complexity index is 517. The van der Waals surface area contributed by atoms with Crippen LogP contribution in [0, 0.1) is 0 Å². The highest BCUT2D eigenvalue weighted by Crippen LogP contribution is 2.29. The first kappa shape index (κ1) is 10.3. The van der Waals surface area contributed by atoms with Crippen molar-refractivity contribution in [2.45, 2.75) is 6.04 Å². The summed E-state index contributed by atoms with van der Waals surface area (Å²) in [6, 6.07) is 8.14. The Balaban J connectivity index is 2.00. The maximum absolute atomic E-state index is 9.03. The summed E-state index contributed by atoms with van der Waals surface area (Å²) in [5.41, 5.74) is 1.03. The SMILES string of the molecule is OC[C@H]1CSC(c2nc3ccccc3s2)=N1. The smallest absolute Gasteiger partial charge is 0.149 e. The van der Waals surface area contributed by atoms with E-state index in [1.54, 1.807) is 23.1 Å². The van der Waals surface area contributed by atoms with Gasteiger partial charge in [0.25, 0.3) is 0 Å². The summed E-state index contributed by atoms with van der Waals surface area (Å²) in [5.74, 6) is 0.863. The average molecular weight is 250 g/mol. The van der Waals surface area contributed by atoms with Gasteiger partial charge in [0.2, 0.25) is 0 Å². The fourth-order valence-electron chi connectivity index (χ4n) is 1.59. The lowest BCUT2D eigenvalue weighted by molar-refractivity contribution is 0.277. The minimum atomic E-state index is 0.0482. The second kappa shape index (κ2) is 4.16. The Morgan fingerprint density at radius 3 is 3.00 bits per heavy atom. The number of aliphatic imine (C=N–C) groups is 1. The lowest BCUT2D eigenvalue weighted by atomic mass is 10.3. The minimum Gasteiger partial charge on any atom is -0.394 e. The molecule has 0 radical (unpaired) electrons. The van der Waals surface area contributed by atoms with Gasteiger partial charge in [0.15, 0.2) is 0 Å². The van der Waals surface area contributed by atoms with E-state index in [0.717, 1.165) is 21.3 Å². The van der Waals surface area contributed by atoms with Crippen LogP contribution in [0.25, 0.3) is 10.2 Å². The van der Waals surface area contributed by atoms with Gasteiger partial charge in [-0.2, -0.15) is 0 Å². The quantitative estimate of drug-likeness (QED) is 0.888. The largest absolute Gasteiger partial charge is 0.394 e. The standard InChI is InChI=1S/C11H10N2OS2/c14-5-7-6-15-10(12-7)11-13-8-3-1-2-4-9(8)16-11/h1-4,7,14H,5-6H2/t7-/m0/s1. The van der Waals surface area contributed by atoms with Crippen LogP contribution in [0.5, 0.6) is 0 Å². The molecule has 0 spiro atoms. The van der Waals surface area contributed by atoms with Crippen molar-refractivity contribution in [3.05, 3.63) is 29.3 Å². The van der Waals surface area contributed by atoms with E-state index in [9.17, 15) is 0 Å². The molecule has 0 saturated carbocycles. The number of aliphatic hydroxyl groups is 1. The van der Waals surface area contributed by atoms with Crippen molar-refractivity contribution in [1.29, 1.82) is 0 Å². The Morgan fingerprint density at radius 1 is 1.38 bits per heavy atom. The number of fused-ring (bicyclic) bond motifs is 1. The number of hydrogen-bond acceptors (Lipinski definition) is 5. The van der Waals surface area contributed by atoms with E-state index in [-0.39, 0.29) is 12.6 Å². The van der Waals surface area contributed by atoms with E-state index in [1.165, 1.54) is 4.70 Å². The maximum atomic E-state index is 9.03. The molecule has 0 fully saturated rings. The highest BCUT2D eigenvalue weighted by molar-refractivity contribution is 8.15. The first-order valence-corrected chi connectivity index (χ1v) is 6.84. The molecule has 0 aliphatic carbocycles. The van der Waals surface area contributed by atoms with Crippen LogP contribution in [0.1, 0.15) is 5.01 Å². The van der Waals surface area contributed by atoms with E-state index in [4.69, 9.17) is 5.11 Å². The van der Waals surface area contributed by atoms with E-state index < -0.39 is 0 Å². The van der Waals surface area contributed by atoms with Crippen molar-refractivity contribution in [3.8, 4) is 0 Å². The molecule has 0 saturated heterocycles. The summed E-state index contributed by atoms with van der Waals surface area (Å²) in [6.45, 7) is 0.126. The molecule has 1 aliphatic rings. The fraction of sp³-hybridized carbons (Fsp3) is 0.273. The number of nitrogens with zero attached hydrogens (tertiary/aromatic N) is 2. The average Bonchev–Trinajstić information content (AvgIpc) is 2.95. The van der Waals surface area contributed by atoms with Gasteiger partial charge in [-0.05, 0) is 12.1 Å². The molecule has 1 N–H and O–H groups in total. The van der Waals surface area contributed by atoms with Gasteiger partial charge in [0.1, 0.15) is 10.1 Å². The summed E-state index contributed by atoms with van der Waals surface area (Å²) in [6.07, 6.45) is 0. The van der Waals surface area contributed by atoms with E-state index in [1.807, 2.05) is 18.2 Å². The Labute approximate surface area is 101 Å². The Morgan fingerprint density at radius 2 is 2.25 bits per heavy atom. The molecule has 1 atom stereocenters. The molecular formula is C11H10N2OS2. The molecule has 82 valence electrons. The zero-order chi connectivity index (χ0) is 11.0. The van der Waals surface area contributed by atoms with Crippen LogP contribution in [0.2, 0.25) is 0 Å². The molecule has 2 heterocycles. The van der Waals surface area contributed by atoms with Crippen LogP contribution in [0.4, 0.5) is 0 Å². The predicted octanol–water partition coefficient (Wildman–Crippen LogP) is 2.15. The molecular weight excluding hydrogens is 240 g/mol. The van der Waals surface area contributed by atoms with Crippen LogP contribution in [0.15, 0.2) is 29.3 Å². The van der Waals surface area contributed by atoms with Crippen LogP contribution in [0.3, 0.4) is 0 Å². The van der Waals surface area contributed by atoms with Crippen molar-refractivity contribution >= 4 is 38.4 Å². The molecule has 1 aromatic carbocycles. The molecule has 0 unspecified atom stereocenters. The number of aliphatic hydroxyl groups excluding tert-OH is 1. The van der Waals surface area contributed by atoms with Gasteiger partial charge in [-0.15, -0.1) is 23.1 Å². The Hall–Kier alpha value is -0.910. The van der Waals surface area contributed by atoms with Gasteiger partial charge in [-0.1, -0.05) is 12.1 Å². The fourth-order valence-corrected chi connectivity index (χ4v) is 3.67. The number of para-hydroxylation sites is 1. The molecule has 5 heteroatoms. The molecule has 2 aromatic rings. The van der Waals surface area contributed by atoms with Crippen LogP contribution >= 0.6 is 23.1 Å². The second-order valence-electron chi connectivity index (χ2n) is 3.57. The third kappa shape index (κ3) is 1.75. The van der Waals surface area contributed by atoms with E-state index in [0.29, 0.717) is 0 Å². The number of hydrogen-bond donors (Lipinski definition) is 1. The molecule has 1 aromatic heterocycles. The lowest BCUT2D eigenvalue weighted by Crippen LogP contribution is -2.08. The first-order chi connectivity index (χ1) is 7.86. The predicted molar refractivity (Wildman–Crippen MR) is 69.5 cm³/mol. The summed E-state index contributed by atoms with van der Waals surface area (Å²) in [7, 11) is 0. The van der Waals surface area contributed by atoms with Gasteiger partial charge >= 0.3 is 0 Å². The normalized spacial score (nSPS) is 20.3. The lowest BCUT2D eigenvalue weighted by Gasteiger charge is -1.95. The number of rotatable bonds is 2. The van der Waals surface area contributed by atoms with Gasteiger partial charge in [0, 0.05) is 5.75 Å². The van der Waals surface area contributed by atoms with Crippen molar-refractivity contribution in [2.75, 3.05) is 12.4 Å². The van der Waals surface area contributed by atoms with Crippen molar-refractivity contribution < 1.29 is 5.11 Å². The zero-order valence-electron chi connectivity index (χ0n) is 8.46. The molecule has 0 bridgehead atoms. The zero-order valence-corrected chi connectivity index (χ0v) is 10.1. The van der Waals surface area contributed by atoms with E-state index >= 15 is 0 Å². The summed E-state index contributed by atoms with van der Waals surface area (Å²) >= 11 is 3.34. The van der Waals surface area contributed by atoms with Gasteiger partial charge in [-0.3, -0.25) is 4.99 Å². The van der Waals surface area contributed by atoms with Crippen LogP contribution < -0.4 is 0 Å². The van der Waals surface area contributed by atoms with Crippen molar-refractivity contribution in [3.63, 3.8) is 0 Å². The summed E-state index contributed by atoms with van der Waals surface area (Å²) < 4.78 is 1.19. The third-order valence-corrected chi connectivity index (χ3v) is 4.70. The number of benzene rings is 1. The van der Waals surface area contributed by atoms with Crippen molar-refractivity contribution in [1.82, 2.24) is 4.98 Å². The number of thiazole rings is 1. The van der Waals surface area contributed by atoms with Gasteiger partial charge < -0.3 is 5.11 Å². The highest BCUT2D eigenvalue weighted by atomic mass is 32.2. The molecule has 3 rings (SSSR count). The Kier molecular flexibility index (Phi) is 2.67. The molecule has 0 amide bonds. The van der Waals surface area contributed by atoms with Gasteiger partial charge in [0.05, 0.1) is 22.9 Å². The van der Waals surface area contributed by atoms with Crippen LogP contribution in [-0.2, 0) is 0 Å². The second-order valence-corrected chi connectivity index (χ2v) is 5.61. The molecule has 1 aliphatic heterocycles. The maximum Gasteiger partial charge on any atom is 0.149 e. The summed E-state index contributed by atoms with van der Waals surface area (Å²) in [4.78, 5) is 9.00. The number of thioether (sulfide) groups is 1. The first-order valence-electron chi connectivity index (χ1n) is 5.04. The minimum absolute atomic E-state index is 0.0482. The monoisotopic (exact) mass is 250 g/mol. The third-order valence-electron chi connectivity index (χ3n) is 2.40. The van der Waals surface area contributed by atoms with E-state index in [2.05, 4.69) is 16.0 Å². The van der Waals surface area contributed by atoms with Crippen LogP contribution in [-0.4, -0.2) is 33.5 Å². The topological polar surface area (TPSA) is 45.5 Å². The molecule has 16 heavy (non-hydrogen) atoms. The van der Waals surface area contributed by atoms with Gasteiger partial charge in [-0.25, -0.2) is 4.98 Å².